The molecule has 1 saturated heterocycles. The molecular weight excluding hydrogens is 360 g/mol. The fourth-order valence-electron chi connectivity index (χ4n) is 2.75. The second-order valence-electron chi connectivity index (χ2n) is 5.73. The maximum Gasteiger partial charge on any atom is 0.254 e. The number of hydrogen-bond donors (Lipinski definition) is 3. The van der Waals surface area contributed by atoms with Crippen LogP contribution in [0, 0.1) is 12.8 Å². The molecule has 7 heteroatoms. The van der Waals surface area contributed by atoms with Crippen molar-refractivity contribution in [1.82, 2.24) is 20.4 Å². The highest BCUT2D eigenvalue weighted by Gasteiger charge is 2.25. The van der Waals surface area contributed by atoms with Crippen molar-refractivity contribution in [2.45, 2.75) is 13.0 Å². The topological polar surface area (TPSA) is 79.2 Å². The van der Waals surface area contributed by atoms with E-state index in [9.17, 15) is 9.90 Å². The van der Waals surface area contributed by atoms with Crippen LogP contribution < -0.4 is 10.6 Å². The zero-order valence-electron chi connectivity index (χ0n) is 12.8. The van der Waals surface area contributed by atoms with Crippen LogP contribution in [0.5, 0.6) is 0 Å². The number of carbonyl (C=O) groups is 1. The van der Waals surface area contributed by atoms with Gasteiger partial charge in [-0.1, -0.05) is 22.0 Å². The van der Waals surface area contributed by atoms with Gasteiger partial charge in [0.25, 0.3) is 5.91 Å². The fraction of sp³-hybridized carbons (Fsp3) is 0.375. The van der Waals surface area contributed by atoms with E-state index in [2.05, 4.69) is 31.7 Å². The Morgan fingerprint density at radius 3 is 3.04 bits per heavy atom. The SMILES string of the molecule is Cc1c(C(=O)NCC2CNCC2O)cnn1-c1cccc(Br)c1. The molecule has 2 atom stereocenters. The number of benzene rings is 1. The molecule has 3 rings (SSSR count). The number of hydrogen-bond acceptors (Lipinski definition) is 4. The van der Waals surface area contributed by atoms with E-state index >= 15 is 0 Å². The molecule has 23 heavy (non-hydrogen) atoms. The Morgan fingerprint density at radius 2 is 2.35 bits per heavy atom. The highest BCUT2D eigenvalue weighted by atomic mass is 79.9. The zero-order valence-corrected chi connectivity index (χ0v) is 14.4. The third kappa shape index (κ3) is 3.46. The number of nitrogens with one attached hydrogen (secondary N) is 2. The molecular formula is C16H19BrN4O2. The molecule has 2 unspecified atom stereocenters. The van der Waals surface area contributed by atoms with Gasteiger partial charge < -0.3 is 15.7 Å². The first-order chi connectivity index (χ1) is 11.1. The first-order valence-electron chi connectivity index (χ1n) is 7.54. The lowest BCUT2D eigenvalue weighted by atomic mass is 10.1. The molecule has 0 radical (unpaired) electrons. The van der Waals surface area contributed by atoms with Crippen LogP contribution in [0.15, 0.2) is 34.9 Å². The number of aliphatic hydroxyl groups excluding tert-OH is 1. The van der Waals surface area contributed by atoms with Gasteiger partial charge in [-0.3, -0.25) is 4.79 Å². The van der Waals surface area contributed by atoms with Gasteiger partial charge in [0.15, 0.2) is 0 Å². The molecule has 1 amide bonds. The van der Waals surface area contributed by atoms with Crippen molar-refractivity contribution in [3.05, 3.63) is 46.2 Å². The van der Waals surface area contributed by atoms with Crippen molar-refractivity contribution in [2.24, 2.45) is 5.92 Å². The minimum Gasteiger partial charge on any atom is -0.391 e. The predicted octanol–water partition coefficient (Wildman–Crippen LogP) is 1.25. The van der Waals surface area contributed by atoms with Crippen molar-refractivity contribution in [2.75, 3.05) is 19.6 Å². The van der Waals surface area contributed by atoms with Crippen LogP contribution in [0.2, 0.25) is 0 Å². The molecule has 122 valence electrons. The van der Waals surface area contributed by atoms with Crippen LogP contribution in [0.3, 0.4) is 0 Å². The maximum atomic E-state index is 12.4. The number of aromatic nitrogens is 2. The Hall–Kier alpha value is -1.70. The summed E-state index contributed by atoms with van der Waals surface area (Å²) in [5.74, 6) is -0.109. The Bertz CT molecular complexity index is 716. The highest BCUT2D eigenvalue weighted by Crippen LogP contribution is 2.18. The summed E-state index contributed by atoms with van der Waals surface area (Å²) in [7, 11) is 0. The summed E-state index contributed by atoms with van der Waals surface area (Å²) in [6, 6.07) is 7.75. The van der Waals surface area contributed by atoms with Crippen LogP contribution in [0.25, 0.3) is 5.69 Å². The number of rotatable bonds is 4. The van der Waals surface area contributed by atoms with Gasteiger partial charge in [0.2, 0.25) is 0 Å². The number of aliphatic hydroxyl groups is 1. The van der Waals surface area contributed by atoms with Crippen molar-refractivity contribution in [3.8, 4) is 5.69 Å². The van der Waals surface area contributed by atoms with Gasteiger partial charge in [0.1, 0.15) is 0 Å². The molecule has 2 heterocycles. The lowest BCUT2D eigenvalue weighted by Gasteiger charge is -2.14. The molecule has 1 aliphatic rings. The summed E-state index contributed by atoms with van der Waals surface area (Å²) in [6.07, 6.45) is 1.18. The molecule has 1 aromatic heterocycles. The van der Waals surface area contributed by atoms with E-state index in [1.165, 1.54) is 0 Å². The van der Waals surface area contributed by atoms with Gasteiger partial charge in [-0.05, 0) is 25.1 Å². The zero-order chi connectivity index (χ0) is 16.4. The van der Waals surface area contributed by atoms with Crippen molar-refractivity contribution >= 4 is 21.8 Å². The van der Waals surface area contributed by atoms with Gasteiger partial charge in [0.05, 0.1) is 29.2 Å². The lowest BCUT2D eigenvalue weighted by Crippen LogP contribution is -2.34. The first-order valence-corrected chi connectivity index (χ1v) is 8.33. The van der Waals surface area contributed by atoms with Crippen LogP contribution in [-0.4, -0.2) is 46.5 Å². The first kappa shape index (κ1) is 16.2. The maximum absolute atomic E-state index is 12.4. The Morgan fingerprint density at radius 1 is 1.52 bits per heavy atom. The van der Waals surface area contributed by atoms with Crippen molar-refractivity contribution < 1.29 is 9.90 Å². The van der Waals surface area contributed by atoms with E-state index in [1.54, 1.807) is 10.9 Å². The predicted molar refractivity (Wildman–Crippen MR) is 90.7 cm³/mol. The molecule has 1 aromatic carbocycles. The van der Waals surface area contributed by atoms with Crippen LogP contribution in [-0.2, 0) is 0 Å². The molecule has 1 fully saturated rings. The molecule has 6 nitrogen and oxygen atoms in total. The molecule has 3 N–H and O–H groups in total. The average Bonchev–Trinajstić information content (AvgIpc) is 3.11. The van der Waals surface area contributed by atoms with Crippen LogP contribution in [0.4, 0.5) is 0 Å². The number of nitrogens with zero attached hydrogens (tertiary/aromatic N) is 2. The Kier molecular flexibility index (Phi) is 4.79. The van der Waals surface area contributed by atoms with Crippen LogP contribution >= 0.6 is 15.9 Å². The smallest absolute Gasteiger partial charge is 0.254 e. The van der Waals surface area contributed by atoms with E-state index < -0.39 is 6.10 Å². The van der Waals surface area contributed by atoms with Gasteiger partial charge in [-0.25, -0.2) is 4.68 Å². The molecule has 0 bridgehead atoms. The molecule has 0 aliphatic carbocycles. The molecule has 1 aliphatic heterocycles. The standard InChI is InChI=1S/C16H19BrN4O2/c1-10-14(16(23)19-7-11-6-18-9-15(11)22)8-20-21(10)13-4-2-3-12(17)5-13/h2-5,8,11,15,18,22H,6-7,9H2,1H3,(H,19,23). The number of β-amino-alcohol motifs (C(OH)–C–C–N with tert-alkyl or cyclic N) is 1. The monoisotopic (exact) mass is 378 g/mol. The summed E-state index contributed by atoms with van der Waals surface area (Å²) >= 11 is 3.44. The average molecular weight is 379 g/mol. The second-order valence-corrected chi connectivity index (χ2v) is 6.65. The lowest BCUT2D eigenvalue weighted by molar-refractivity contribution is 0.0926. The Balaban J connectivity index is 1.72. The molecule has 0 spiro atoms. The third-order valence-electron chi connectivity index (χ3n) is 4.14. The van der Waals surface area contributed by atoms with Gasteiger partial charge in [-0.15, -0.1) is 0 Å². The molecule has 2 aromatic rings. The second kappa shape index (κ2) is 6.82. The minimum absolute atomic E-state index is 0.0550. The third-order valence-corrected chi connectivity index (χ3v) is 4.63. The number of amides is 1. The number of halogens is 1. The summed E-state index contributed by atoms with van der Waals surface area (Å²) in [4.78, 5) is 12.4. The molecule has 0 saturated carbocycles. The fourth-order valence-corrected chi connectivity index (χ4v) is 3.13. The minimum atomic E-state index is -0.402. The number of carbonyl (C=O) groups excluding carboxylic acids is 1. The van der Waals surface area contributed by atoms with Crippen LogP contribution in [0.1, 0.15) is 16.1 Å². The normalized spacial score (nSPS) is 20.7. The summed E-state index contributed by atoms with van der Waals surface area (Å²) in [5, 5.41) is 20.1. The van der Waals surface area contributed by atoms with E-state index in [1.807, 2.05) is 31.2 Å². The Labute approximate surface area is 143 Å². The van der Waals surface area contributed by atoms with Crippen molar-refractivity contribution in [3.63, 3.8) is 0 Å². The van der Waals surface area contributed by atoms with Gasteiger partial charge in [-0.2, -0.15) is 5.10 Å². The highest BCUT2D eigenvalue weighted by molar-refractivity contribution is 9.10. The summed E-state index contributed by atoms with van der Waals surface area (Å²) in [5.41, 5.74) is 2.22. The largest absolute Gasteiger partial charge is 0.391 e. The van der Waals surface area contributed by atoms with E-state index in [0.717, 1.165) is 22.4 Å². The summed E-state index contributed by atoms with van der Waals surface area (Å²) in [6.45, 7) is 3.63. The van der Waals surface area contributed by atoms with E-state index in [4.69, 9.17) is 0 Å². The van der Waals surface area contributed by atoms with E-state index in [0.29, 0.717) is 18.7 Å². The summed E-state index contributed by atoms with van der Waals surface area (Å²) < 4.78 is 2.70. The van der Waals surface area contributed by atoms with Gasteiger partial charge in [0, 0.05) is 30.0 Å². The quantitative estimate of drug-likeness (QED) is 0.747. The van der Waals surface area contributed by atoms with Gasteiger partial charge >= 0.3 is 0 Å². The van der Waals surface area contributed by atoms with Crippen molar-refractivity contribution in [1.29, 1.82) is 0 Å². The van der Waals surface area contributed by atoms with E-state index in [-0.39, 0.29) is 11.8 Å².